The zero-order chi connectivity index (χ0) is 13.0. The molecule has 2 heterocycles. The highest BCUT2D eigenvalue weighted by molar-refractivity contribution is 5.06. The van der Waals surface area contributed by atoms with Crippen LogP contribution in [0.1, 0.15) is 25.1 Å². The zero-order valence-electron chi connectivity index (χ0n) is 11.3. The van der Waals surface area contributed by atoms with Crippen molar-refractivity contribution in [1.29, 1.82) is 0 Å². The normalized spacial score (nSPS) is 11.3. The second-order valence-corrected chi connectivity index (χ2v) is 5.05. The summed E-state index contributed by atoms with van der Waals surface area (Å²) in [5.41, 5.74) is 2.25. The number of rotatable bonds is 6. The predicted molar refractivity (Wildman–Crippen MR) is 71.1 cm³/mol. The Kier molecular flexibility index (Phi) is 4.15. The topological polar surface area (TPSA) is 47.7 Å². The van der Waals surface area contributed by atoms with Crippen LogP contribution in [0.5, 0.6) is 0 Å². The van der Waals surface area contributed by atoms with Crippen molar-refractivity contribution in [1.82, 2.24) is 24.9 Å². The summed E-state index contributed by atoms with van der Waals surface area (Å²) in [7, 11) is 1.92. The van der Waals surface area contributed by atoms with Gasteiger partial charge in [-0.25, -0.2) is 0 Å². The van der Waals surface area contributed by atoms with Gasteiger partial charge in [-0.1, -0.05) is 13.8 Å². The summed E-state index contributed by atoms with van der Waals surface area (Å²) in [5.74, 6) is 0.669. The van der Waals surface area contributed by atoms with Crippen LogP contribution < -0.4 is 5.32 Å². The van der Waals surface area contributed by atoms with Gasteiger partial charge in [-0.2, -0.15) is 10.2 Å². The summed E-state index contributed by atoms with van der Waals surface area (Å²) < 4.78 is 3.76. The van der Waals surface area contributed by atoms with E-state index in [9.17, 15) is 0 Å². The molecule has 0 saturated carbocycles. The van der Waals surface area contributed by atoms with E-state index in [2.05, 4.69) is 35.4 Å². The molecule has 0 aliphatic heterocycles. The summed E-state index contributed by atoms with van der Waals surface area (Å²) in [6.07, 6.45) is 5.90. The van der Waals surface area contributed by atoms with Gasteiger partial charge in [-0.05, 0) is 18.5 Å². The molecule has 0 unspecified atom stereocenters. The molecule has 2 rings (SSSR count). The Morgan fingerprint density at radius 3 is 2.89 bits per heavy atom. The van der Waals surface area contributed by atoms with Crippen molar-refractivity contribution < 1.29 is 0 Å². The van der Waals surface area contributed by atoms with E-state index in [-0.39, 0.29) is 0 Å². The fourth-order valence-electron chi connectivity index (χ4n) is 1.82. The minimum absolute atomic E-state index is 0.669. The molecule has 0 saturated heterocycles. The van der Waals surface area contributed by atoms with Gasteiger partial charge in [-0.3, -0.25) is 9.36 Å². The molecule has 0 spiro atoms. The monoisotopic (exact) mass is 247 g/mol. The molecule has 0 amide bonds. The number of hydrogen-bond donors (Lipinski definition) is 1. The average Bonchev–Trinajstić information content (AvgIpc) is 2.89. The van der Waals surface area contributed by atoms with Gasteiger partial charge in [0.1, 0.15) is 0 Å². The third kappa shape index (κ3) is 3.70. The molecule has 98 valence electrons. The van der Waals surface area contributed by atoms with Crippen LogP contribution >= 0.6 is 0 Å². The minimum atomic E-state index is 0.669. The van der Waals surface area contributed by atoms with E-state index in [1.165, 1.54) is 5.56 Å². The summed E-state index contributed by atoms with van der Waals surface area (Å²) in [6, 6.07) is 2.06. The van der Waals surface area contributed by atoms with Crippen molar-refractivity contribution in [3.8, 4) is 0 Å². The van der Waals surface area contributed by atoms with Gasteiger partial charge >= 0.3 is 0 Å². The number of nitrogens with zero attached hydrogens (tertiary/aromatic N) is 4. The largest absolute Gasteiger partial charge is 0.311 e. The third-order valence-corrected chi connectivity index (χ3v) is 2.66. The minimum Gasteiger partial charge on any atom is -0.311 e. The van der Waals surface area contributed by atoms with Crippen LogP contribution in [0.3, 0.4) is 0 Å². The first-order chi connectivity index (χ1) is 8.63. The molecular weight excluding hydrogens is 226 g/mol. The van der Waals surface area contributed by atoms with E-state index in [0.29, 0.717) is 5.92 Å². The van der Waals surface area contributed by atoms with Crippen LogP contribution in [-0.2, 0) is 20.1 Å². The van der Waals surface area contributed by atoms with Gasteiger partial charge in [-0.15, -0.1) is 0 Å². The number of aromatic nitrogens is 4. The second kappa shape index (κ2) is 5.82. The highest BCUT2D eigenvalue weighted by Gasteiger charge is 2.02. The van der Waals surface area contributed by atoms with Crippen molar-refractivity contribution in [2.24, 2.45) is 13.0 Å². The van der Waals surface area contributed by atoms with Gasteiger partial charge in [0.2, 0.25) is 0 Å². The Balaban J connectivity index is 1.86. The maximum atomic E-state index is 4.53. The molecule has 5 nitrogen and oxygen atoms in total. The lowest BCUT2D eigenvalue weighted by molar-refractivity contribution is 0.543. The fourth-order valence-corrected chi connectivity index (χ4v) is 1.82. The van der Waals surface area contributed by atoms with Crippen molar-refractivity contribution in [3.05, 3.63) is 35.9 Å². The Morgan fingerprint density at radius 2 is 2.22 bits per heavy atom. The molecule has 5 heteroatoms. The Labute approximate surface area is 108 Å². The van der Waals surface area contributed by atoms with Gasteiger partial charge < -0.3 is 5.32 Å². The highest BCUT2D eigenvalue weighted by atomic mass is 15.3. The summed E-state index contributed by atoms with van der Waals surface area (Å²) in [5, 5.41) is 12.1. The Bertz CT molecular complexity index is 483. The average molecular weight is 247 g/mol. The van der Waals surface area contributed by atoms with Crippen LogP contribution in [0.2, 0.25) is 0 Å². The molecule has 0 aliphatic rings. The molecule has 0 radical (unpaired) electrons. The Hall–Kier alpha value is -1.62. The quantitative estimate of drug-likeness (QED) is 0.839. The molecule has 0 aromatic carbocycles. The summed E-state index contributed by atoms with van der Waals surface area (Å²) in [4.78, 5) is 0. The molecular formula is C13H21N5. The molecule has 2 aromatic rings. The molecule has 0 atom stereocenters. The third-order valence-electron chi connectivity index (χ3n) is 2.66. The maximum Gasteiger partial charge on any atom is 0.0762 e. The van der Waals surface area contributed by atoms with E-state index in [1.54, 1.807) is 0 Å². The standard InChI is InChI=1S/C13H21N5/c1-11(2)6-14-8-13-4-5-18(16-13)10-12-7-15-17(3)9-12/h4-5,7,9,11,14H,6,8,10H2,1-3H3. The number of hydrogen-bond acceptors (Lipinski definition) is 3. The van der Waals surface area contributed by atoms with Crippen molar-refractivity contribution in [2.75, 3.05) is 6.54 Å². The van der Waals surface area contributed by atoms with Gasteiger partial charge in [0, 0.05) is 31.5 Å². The summed E-state index contributed by atoms with van der Waals surface area (Å²) >= 11 is 0. The molecule has 0 bridgehead atoms. The van der Waals surface area contributed by atoms with E-state index in [0.717, 1.165) is 25.3 Å². The Morgan fingerprint density at radius 1 is 1.39 bits per heavy atom. The number of aryl methyl sites for hydroxylation is 1. The lowest BCUT2D eigenvalue weighted by Gasteiger charge is -2.05. The molecule has 0 fully saturated rings. The zero-order valence-corrected chi connectivity index (χ0v) is 11.3. The molecule has 18 heavy (non-hydrogen) atoms. The van der Waals surface area contributed by atoms with E-state index in [4.69, 9.17) is 0 Å². The summed E-state index contributed by atoms with van der Waals surface area (Å²) in [6.45, 7) is 7.04. The fraction of sp³-hybridized carbons (Fsp3) is 0.538. The maximum absolute atomic E-state index is 4.53. The van der Waals surface area contributed by atoms with Crippen molar-refractivity contribution in [3.63, 3.8) is 0 Å². The second-order valence-electron chi connectivity index (χ2n) is 5.05. The van der Waals surface area contributed by atoms with Crippen LogP contribution in [0.15, 0.2) is 24.7 Å². The van der Waals surface area contributed by atoms with E-state index < -0.39 is 0 Å². The smallest absolute Gasteiger partial charge is 0.0762 e. The molecule has 2 aromatic heterocycles. The van der Waals surface area contributed by atoms with Crippen LogP contribution in [0, 0.1) is 5.92 Å². The van der Waals surface area contributed by atoms with Gasteiger partial charge in [0.25, 0.3) is 0 Å². The van der Waals surface area contributed by atoms with E-state index in [1.807, 2.05) is 35.0 Å². The lowest BCUT2D eigenvalue weighted by atomic mass is 10.2. The molecule has 1 N–H and O–H groups in total. The van der Waals surface area contributed by atoms with Gasteiger partial charge in [0.15, 0.2) is 0 Å². The molecule has 0 aliphatic carbocycles. The van der Waals surface area contributed by atoms with Crippen LogP contribution in [0.25, 0.3) is 0 Å². The first-order valence-corrected chi connectivity index (χ1v) is 6.34. The van der Waals surface area contributed by atoms with E-state index >= 15 is 0 Å². The lowest BCUT2D eigenvalue weighted by Crippen LogP contribution is -2.19. The number of nitrogens with one attached hydrogen (secondary N) is 1. The van der Waals surface area contributed by atoms with Crippen molar-refractivity contribution >= 4 is 0 Å². The van der Waals surface area contributed by atoms with Gasteiger partial charge in [0.05, 0.1) is 18.4 Å². The van der Waals surface area contributed by atoms with Crippen LogP contribution in [0.4, 0.5) is 0 Å². The van der Waals surface area contributed by atoms with Crippen LogP contribution in [-0.4, -0.2) is 26.1 Å². The highest BCUT2D eigenvalue weighted by Crippen LogP contribution is 2.02. The first-order valence-electron chi connectivity index (χ1n) is 6.34. The predicted octanol–water partition coefficient (Wildman–Crippen LogP) is 1.41. The van der Waals surface area contributed by atoms with Crippen molar-refractivity contribution in [2.45, 2.75) is 26.9 Å². The first kappa shape index (κ1) is 12.8. The SMILES string of the molecule is CC(C)CNCc1ccn(Cc2cnn(C)c2)n1.